The van der Waals surface area contributed by atoms with E-state index < -0.39 is 0 Å². The second-order valence-electron chi connectivity index (χ2n) is 10.1. The summed E-state index contributed by atoms with van der Waals surface area (Å²) in [6, 6.07) is 0. The van der Waals surface area contributed by atoms with Crippen LogP contribution in [0.1, 0.15) is 80.1 Å². The van der Waals surface area contributed by atoms with Crippen LogP contribution in [0.5, 0.6) is 0 Å². The molecule has 0 spiro atoms. The third-order valence-electron chi connectivity index (χ3n) is 9.32. The fourth-order valence-electron chi connectivity index (χ4n) is 6.28. The summed E-state index contributed by atoms with van der Waals surface area (Å²) >= 11 is 0. The zero-order valence-corrected chi connectivity index (χ0v) is 15.3. The van der Waals surface area contributed by atoms with Crippen LogP contribution < -0.4 is 0 Å². The number of rotatable bonds is 1. The van der Waals surface area contributed by atoms with Gasteiger partial charge in [-0.15, -0.1) is 0 Å². The fourth-order valence-corrected chi connectivity index (χ4v) is 6.28. The number of nitrogens with zero attached hydrogens (tertiary/aromatic N) is 2. The lowest BCUT2D eigenvalue weighted by Crippen LogP contribution is -2.33. The number of hydrogen-bond donors (Lipinski definition) is 0. The van der Waals surface area contributed by atoms with E-state index in [1.165, 1.54) is 49.9 Å². The second-order valence-corrected chi connectivity index (χ2v) is 10.1. The van der Waals surface area contributed by atoms with Crippen LogP contribution in [0.3, 0.4) is 0 Å². The Morgan fingerprint density at radius 1 is 0.682 bits per heavy atom. The van der Waals surface area contributed by atoms with Crippen LogP contribution in [0, 0.1) is 33.5 Å². The zero-order chi connectivity index (χ0) is 16.0. The van der Waals surface area contributed by atoms with Gasteiger partial charge in [-0.3, -0.25) is 0 Å². The quantitative estimate of drug-likeness (QED) is 0.573. The van der Waals surface area contributed by atoms with Crippen LogP contribution in [-0.2, 0) is 0 Å². The van der Waals surface area contributed by atoms with Crippen molar-refractivity contribution in [3.05, 3.63) is 0 Å². The minimum Gasteiger partial charge on any atom is -0.160 e. The first-order valence-electron chi connectivity index (χ1n) is 9.27. The van der Waals surface area contributed by atoms with Gasteiger partial charge in [-0.05, 0) is 61.2 Å². The molecule has 0 N–H and O–H groups in total. The summed E-state index contributed by atoms with van der Waals surface area (Å²) < 4.78 is 0. The smallest absolute Gasteiger partial charge is 0.0473 e. The van der Waals surface area contributed by atoms with E-state index in [2.05, 4.69) is 41.5 Å². The van der Waals surface area contributed by atoms with E-state index in [4.69, 9.17) is 10.2 Å². The van der Waals surface area contributed by atoms with Gasteiger partial charge < -0.3 is 0 Å². The Hall–Kier alpha value is -0.660. The highest BCUT2D eigenvalue weighted by Gasteiger charge is 2.61. The molecule has 4 saturated carbocycles. The summed E-state index contributed by atoms with van der Waals surface area (Å²) in [6.45, 7) is 14.7. The Morgan fingerprint density at radius 2 is 1.05 bits per heavy atom. The molecule has 0 saturated heterocycles. The summed E-state index contributed by atoms with van der Waals surface area (Å²) in [4.78, 5) is 0. The standard InChI is InChI=1S/C20H32N2/c1-17(2)13-7-9-19(17,5)15(11-13)21-22-16-12-14-8-10-20(16,6)18(14,3)4/h13-14H,7-12H2,1-6H3/b21-15-,22-16-/t13-,14+,19-,20-/m1/s1. The van der Waals surface area contributed by atoms with E-state index in [9.17, 15) is 0 Å². The van der Waals surface area contributed by atoms with Crippen molar-refractivity contribution < 1.29 is 0 Å². The maximum absolute atomic E-state index is 4.89. The van der Waals surface area contributed by atoms with E-state index in [-0.39, 0.29) is 10.8 Å². The topological polar surface area (TPSA) is 24.7 Å². The van der Waals surface area contributed by atoms with E-state index in [0.717, 1.165) is 11.8 Å². The first kappa shape index (κ1) is 14.9. The van der Waals surface area contributed by atoms with Crippen molar-refractivity contribution in [1.29, 1.82) is 0 Å². The molecule has 0 aromatic heterocycles. The zero-order valence-electron chi connectivity index (χ0n) is 15.3. The minimum atomic E-state index is 0.287. The highest BCUT2D eigenvalue weighted by atomic mass is 15.2. The third-order valence-corrected chi connectivity index (χ3v) is 9.32. The SMILES string of the molecule is CC1(C)[C@@H]2CC[C@]1(C)/C(=N\N=C1\C[C@@H]3CC[C@@]1(C)C3(C)C)C2. The van der Waals surface area contributed by atoms with Gasteiger partial charge in [0.15, 0.2) is 0 Å². The molecule has 4 atom stereocenters. The molecular weight excluding hydrogens is 268 g/mol. The molecule has 4 rings (SSSR count). The van der Waals surface area contributed by atoms with Crippen molar-refractivity contribution in [2.45, 2.75) is 80.1 Å². The maximum atomic E-state index is 4.89. The molecule has 4 fully saturated rings. The summed E-state index contributed by atoms with van der Waals surface area (Å²) in [5, 5.41) is 9.78. The molecule has 0 heterocycles. The van der Waals surface area contributed by atoms with Gasteiger partial charge in [0.05, 0.1) is 0 Å². The van der Waals surface area contributed by atoms with Gasteiger partial charge in [-0.2, -0.15) is 10.2 Å². The van der Waals surface area contributed by atoms with Crippen molar-refractivity contribution in [3.63, 3.8) is 0 Å². The van der Waals surface area contributed by atoms with Gasteiger partial charge in [0.1, 0.15) is 0 Å². The average molecular weight is 300 g/mol. The Balaban J connectivity index is 1.67. The molecule has 0 unspecified atom stereocenters. The Bertz CT molecular complexity index is 531. The highest BCUT2D eigenvalue weighted by Crippen LogP contribution is 2.65. The van der Waals surface area contributed by atoms with Crippen LogP contribution in [0.2, 0.25) is 0 Å². The molecule has 4 aliphatic rings. The molecule has 22 heavy (non-hydrogen) atoms. The van der Waals surface area contributed by atoms with Gasteiger partial charge in [0, 0.05) is 22.3 Å². The lowest BCUT2D eigenvalue weighted by molar-refractivity contribution is 0.193. The molecule has 4 aliphatic carbocycles. The van der Waals surface area contributed by atoms with Crippen molar-refractivity contribution >= 4 is 11.4 Å². The first-order chi connectivity index (χ1) is 10.1. The van der Waals surface area contributed by atoms with E-state index in [1.54, 1.807) is 0 Å². The molecule has 0 radical (unpaired) electrons. The maximum Gasteiger partial charge on any atom is 0.0473 e. The lowest BCUT2D eigenvalue weighted by Gasteiger charge is -2.35. The fraction of sp³-hybridized carbons (Fsp3) is 0.900. The van der Waals surface area contributed by atoms with Gasteiger partial charge in [0.25, 0.3) is 0 Å². The average Bonchev–Trinajstić information content (AvgIpc) is 2.95. The molecule has 0 aromatic carbocycles. The Labute approximate surface area is 135 Å². The molecule has 2 nitrogen and oxygen atoms in total. The first-order valence-corrected chi connectivity index (χ1v) is 9.27. The molecule has 0 amide bonds. The molecule has 2 heteroatoms. The molecule has 122 valence electrons. The van der Waals surface area contributed by atoms with Gasteiger partial charge in [0.2, 0.25) is 0 Å². The van der Waals surface area contributed by atoms with E-state index >= 15 is 0 Å². The second kappa shape index (κ2) is 4.05. The van der Waals surface area contributed by atoms with Crippen molar-refractivity contribution in [2.24, 2.45) is 43.7 Å². The molecule has 0 aromatic rings. The summed E-state index contributed by atoms with van der Waals surface area (Å²) in [7, 11) is 0. The van der Waals surface area contributed by atoms with E-state index in [0.29, 0.717) is 10.8 Å². The third kappa shape index (κ3) is 1.48. The van der Waals surface area contributed by atoms with Crippen LogP contribution >= 0.6 is 0 Å². The van der Waals surface area contributed by atoms with E-state index in [1.807, 2.05) is 0 Å². The Morgan fingerprint density at radius 3 is 1.27 bits per heavy atom. The number of fused-ring (bicyclic) bond motifs is 4. The van der Waals surface area contributed by atoms with Gasteiger partial charge >= 0.3 is 0 Å². The number of hydrogen-bond acceptors (Lipinski definition) is 2. The van der Waals surface area contributed by atoms with Crippen LogP contribution in [0.15, 0.2) is 10.2 Å². The highest BCUT2D eigenvalue weighted by molar-refractivity contribution is 5.97. The van der Waals surface area contributed by atoms with Crippen molar-refractivity contribution in [3.8, 4) is 0 Å². The van der Waals surface area contributed by atoms with Crippen molar-refractivity contribution in [2.75, 3.05) is 0 Å². The lowest BCUT2D eigenvalue weighted by atomic mass is 9.70. The molecule has 4 bridgehead atoms. The normalized spacial score (nSPS) is 51.4. The largest absolute Gasteiger partial charge is 0.160 e. The predicted octanol–water partition coefficient (Wildman–Crippen LogP) is 5.48. The predicted molar refractivity (Wildman–Crippen MR) is 93.3 cm³/mol. The summed E-state index contributed by atoms with van der Waals surface area (Å²) in [5.74, 6) is 1.65. The van der Waals surface area contributed by atoms with Gasteiger partial charge in [-0.25, -0.2) is 0 Å². The van der Waals surface area contributed by atoms with Gasteiger partial charge in [-0.1, -0.05) is 41.5 Å². The monoisotopic (exact) mass is 300 g/mol. The van der Waals surface area contributed by atoms with Crippen LogP contribution in [0.25, 0.3) is 0 Å². The summed E-state index contributed by atoms with van der Waals surface area (Å²) in [6.07, 6.45) is 7.74. The minimum absolute atomic E-state index is 0.287. The van der Waals surface area contributed by atoms with Crippen LogP contribution in [0.4, 0.5) is 0 Å². The Kier molecular flexibility index (Phi) is 2.74. The van der Waals surface area contributed by atoms with Crippen LogP contribution in [-0.4, -0.2) is 11.4 Å². The molecule has 0 aliphatic heterocycles. The molecular formula is C20H32N2. The summed E-state index contributed by atoms with van der Waals surface area (Å²) in [5.41, 5.74) is 4.18. The van der Waals surface area contributed by atoms with Crippen molar-refractivity contribution in [1.82, 2.24) is 0 Å².